The van der Waals surface area contributed by atoms with Crippen LogP contribution in [0.2, 0.25) is 0 Å². The maximum absolute atomic E-state index is 12.4. The molecule has 26 heavy (non-hydrogen) atoms. The van der Waals surface area contributed by atoms with Crippen LogP contribution in [0, 0.1) is 6.92 Å². The van der Waals surface area contributed by atoms with Crippen molar-refractivity contribution in [1.82, 2.24) is 24.9 Å². The first kappa shape index (κ1) is 18.2. The van der Waals surface area contributed by atoms with E-state index in [0.29, 0.717) is 18.9 Å². The summed E-state index contributed by atoms with van der Waals surface area (Å²) in [6.45, 7) is 8.87. The van der Waals surface area contributed by atoms with Gasteiger partial charge in [-0.05, 0) is 30.9 Å². The van der Waals surface area contributed by atoms with Crippen LogP contribution in [0.5, 0.6) is 0 Å². The third kappa shape index (κ3) is 3.64. The van der Waals surface area contributed by atoms with E-state index < -0.39 is 0 Å². The average Bonchev–Trinajstić information content (AvgIpc) is 3.15. The molecule has 0 aliphatic rings. The van der Waals surface area contributed by atoms with Gasteiger partial charge in [-0.15, -0.1) is 0 Å². The molecule has 0 bridgehead atoms. The summed E-state index contributed by atoms with van der Waals surface area (Å²) in [6, 6.07) is 8.44. The monoisotopic (exact) mass is 353 g/mol. The second kappa shape index (κ2) is 7.32. The first-order chi connectivity index (χ1) is 12.4. The number of aromatic nitrogens is 4. The number of rotatable bonds is 6. The SMILES string of the molecule is Cc1nn(C)c2cnn(CCC(=O)NC(C)c3ccc(C(C)C)cc3)c12. The van der Waals surface area contributed by atoms with Crippen molar-refractivity contribution in [3.63, 3.8) is 0 Å². The lowest BCUT2D eigenvalue weighted by Crippen LogP contribution is -2.27. The molecular weight excluding hydrogens is 326 g/mol. The van der Waals surface area contributed by atoms with Crippen molar-refractivity contribution in [2.75, 3.05) is 0 Å². The Labute approximate surface area is 154 Å². The number of fused-ring (bicyclic) bond motifs is 1. The highest BCUT2D eigenvalue weighted by Gasteiger charge is 2.14. The van der Waals surface area contributed by atoms with Crippen LogP contribution in [0.4, 0.5) is 0 Å². The van der Waals surface area contributed by atoms with Gasteiger partial charge in [-0.2, -0.15) is 10.2 Å². The Morgan fingerprint density at radius 2 is 1.81 bits per heavy atom. The van der Waals surface area contributed by atoms with Crippen molar-refractivity contribution >= 4 is 16.9 Å². The fourth-order valence-corrected chi connectivity index (χ4v) is 3.25. The molecular formula is C20H27N5O. The number of carbonyl (C=O) groups is 1. The van der Waals surface area contributed by atoms with E-state index in [4.69, 9.17) is 0 Å². The van der Waals surface area contributed by atoms with Crippen LogP contribution in [0.3, 0.4) is 0 Å². The minimum atomic E-state index is -0.0125. The molecule has 6 heteroatoms. The molecule has 2 aromatic heterocycles. The molecule has 3 rings (SSSR count). The standard InChI is InChI=1S/C20H27N5O/c1-13(2)16-6-8-17(9-7-16)14(3)22-19(26)10-11-25-20-15(4)23-24(5)18(20)12-21-25/h6-9,12-14H,10-11H2,1-5H3,(H,22,26). The molecule has 1 atom stereocenters. The van der Waals surface area contributed by atoms with Crippen LogP contribution in [0.25, 0.3) is 11.0 Å². The number of hydrogen-bond acceptors (Lipinski definition) is 3. The van der Waals surface area contributed by atoms with E-state index in [1.54, 1.807) is 6.20 Å². The highest BCUT2D eigenvalue weighted by Crippen LogP contribution is 2.19. The lowest BCUT2D eigenvalue weighted by atomic mass is 9.99. The number of amides is 1. The van der Waals surface area contributed by atoms with Gasteiger partial charge in [-0.1, -0.05) is 38.1 Å². The molecule has 6 nitrogen and oxygen atoms in total. The van der Waals surface area contributed by atoms with Crippen molar-refractivity contribution in [3.05, 3.63) is 47.3 Å². The predicted molar refractivity (Wildman–Crippen MR) is 103 cm³/mol. The van der Waals surface area contributed by atoms with Crippen molar-refractivity contribution in [2.24, 2.45) is 7.05 Å². The number of aryl methyl sites for hydroxylation is 3. The first-order valence-electron chi connectivity index (χ1n) is 9.11. The summed E-state index contributed by atoms with van der Waals surface area (Å²) < 4.78 is 3.68. The van der Waals surface area contributed by atoms with Gasteiger partial charge in [0.05, 0.1) is 24.5 Å². The highest BCUT2D eigenvalue weighted by atomic mass is 16.1. The minimum Gasteiger partial charge on any atom is -0.350 e. The molecule has 0 saturated carbocycles. The second-order valence-electron chi connectivity index (χ2n) is 7.17. The van der Waals surface area contributed by atoms with Crippen molar-refractivity contribution < 1.29 is 4.79 Å². The molecule has 0 radical (unpaired) electrons. The molecule has 0 spiro atoms. The maximum Gasteiger partial charge on any atom is 0.222 e. The quantitative estimate of drug-likeness (QED) is 0.738. The fourth-order valence-electron chi connectivity index (χ4n) is 3.25. The fraction of sp³-hybridized carbons (Fsp3) is 0.450. The number of nitrogens with zero attached hydrogens (tertiary/aromatic N) is 4. The third-order valence-corrected chi connectivity index (χ3v) is 4.84. The smallest absolute Gasteiger partial charge is 0.222 e. The van der Waals surface area contributed by atoms with E-state index >= 15 is 0 Å². The van der Waals surface area contributed by atoms with Gasteiger partial charge in [0.1, 0.15) is 11.0 Å². The summed E-state index contributed by atoms with van der Waals surface area (Å²) in [6.07, 6.45) is 2.19. The van der Waals surface area contributed by atoms with Gasteiger partial charge in [0, 0.05) is 13.5 Å². The third-order valence-electron chi connectivity index (χ3n) is 4.84. The number of hydrogen-bond donors (Lipinski definition) is 1. The summed E-state index contributed by atoms with van der Waals surface area (Å²) in [5.74, 6) is 0.534. The van der Waals surface area contributed by atoms with Gasteiger partial charge in [-0.3, -0.25) is 14.2 Å². The van der Waals surface area contributed by atoms with Gasteiger partial charge in [-0.25, -0.2) is 0 Å². The van der Waals surface area contributed by atoms with E-state index in [-0.39, 0.29) is 11.9 Å². The summed E-state index contributed by atoms with van der Waals surface area (Å²) in [5.41, 5.74) is 5.34. The molecule has 1 unspecified atom stereocenters. The summed E-state index contributed by atoms with van der Waals surface area (Å²) in [7, 11) is 1.90. The zero-order valence-corrected chi connectivity index (χ0v) is 16.2. The molecule has 1 N–H and O–H groups in total. The number of carbonyl (C=O) groups excluding carboxylic acids is 1. The van der Waals surface area contributed by atoms with Crippen molar-refractivity contribution in [1.29, 1.82) is 0 Å². The molecule has 0 fully saturated rings. The van der Waals surface area contributed by atoms with Crippen LogP contribution in [-0.4, -0.2) is 25.5 Å². The van der Waals surface area contributed by atoms with E-state index in [0.717, 1.165) is 22.3 Å². The lowest BCUT2D eigenvalue weighted by molar-refractivity contribution is -0.122. The maximum atomic E-state index is 12.4. The number of nitrogens with one attached hydrogen (secondary N) is 1. The van der Waals surface area contributed by atoms with Gasteiger partial charge < -0.3 is 5.32 Å². The summed E-state index contributed by atoms with van der Waals surface area (Å²) >= 11 is 0. The molecule has 2 heterocycles. The van der Waals surface area contributed by atoms with E-state index in [1.165, 1.54) is 5.56 Å². The van der Waals surface area contributed by atoms with E-state index in [2.05, 4.69) is 53.6 Å². The topological polar surface area (TPSA) is 64.7 Å². The van der Waals surface area contributed by atoms with Gasteiger partial charge in [0.25, 0.3) is 0 Å². The zero-order chi connectivity index (χ0) is 18.8. The van der Waals surface area contributed by atoms with Crippen molar-refractivity contribution in [3.8, 4) is 0 Å². The molecule has 3 aromatic rings. The van der Waals surface area contributed by atoms with Crippen LogP contribution in [-0.2, 0) is 18.4 Å². The average molecular weight is 353 g/mol. The Kier molecular flexibility index (Phi) is 5.11. The van der Waals surface area contributed by atoms with E-state index in [9.17, 15) is 4.79 Å². The first-order valence-corrected chi connectivity index (χ1v) is 9.11. The second-order valence-corrected chi connectivity index (χ2v) is 7.17. The van der Waals surface area contributed by atoms with E-state index in [1.807, 2.05) is 30.3 Å². The molecule has 1 aromatic carbocycles. The Balaban J connectivity index is 1.59. The highest BCUT2D eigenvalue weighted by molar-refractivity contribution is 5.79. The van der Waals surface area contributed by atoms with Crippen LogP contribution >= 0.6 is 0 Å². The molecule has 0 saturated heterocycles. The molecule has 0 aliphatic carbocycles. The zero-order valence-electron chi connectivity index (χ0n) is 16.2. The van der Waals surface area contributed by atoms with Crippen LogP contribution in [0.15, 0.2) is 30.5 Å². The van der Waals surface area contributed by atoms with Gasteiger partial charge >= 0.3 is 0 Å². The largest absolute Gasteiger partial charge is 0.350 e. The summed E-state index contributed by atoms with van der Waals surface area (Å²) in [4.78, 5) is 12.4. The van der Waals surface area contributed by atoms with Crippen molar-refractivity contribution in [2.45, 2.75) is 52.6 Å². The Hall–Kier alpha value is -2.63. The Morgan fingerprint density at radius 3 is 2.46 bits per heavy atom. The van der Waals surface area contributed by atoms with Crippen LogP contribution in [0.1, 0.15) is 56.0 Å². The molecule has 138 valence electrons. The minimum absolute atomic E-state index is 0.0125. The summed E-state index contributed by atoms with van der Waals surface area (Å²) in [5, 5.41) is 11.9. The van der Waals surface area contributed by atoms with Gasteiger partial charge in [0.2, 0.25) is 5.91 Å². The number of benzene rings is 1. The van der Waals surface area contributed by atoms with Crippen LogP contribution < -0.4 is 5.32 Å². The molecule has 0 aliphatic heterocycles. The predicted octanol–water partition coefficient (Wildman–Crippen LogP) is 3.47. The Bertz CT molecular complexity index is 904. The van der Waals surface area contributed by atoms with Gasteiger partial charge in [0.15, 0.2) is 0 Å². The molecule has 1 amide bonds. The normalized spacial score (nSPS) is 12.7. The lowest BCUT2D eigenvalue weighted by Gasteiger charge is -2.15. The Morgan fingerprint density at radius 1 is 1.15 bits per heavy atom.